The third-order valence-corrected chi connectivity index (χ3v) is 10.0. The molecule has 0 spiro atoms. The van der Waals surface area contributed by atoms with Crippen LogP contribution in [-0.4, -0.2) is 38.9 Å². The van der Waals surface area contributed by atoms with Gasteiger partial charge in [-0.1, -0.05) is 81.4 Å². The van der Waals surface area contributed by atoms with Crippen LogP contribution in [0.25, 0.3) is 0 Å². The van der Waals surface area contributed by atoms with Gasteiger partial charge in [0.15, 0.2) is 0 Å². The van der Waals surface area contributed by atoms with E-state index in [4.69, 9.17) is 9.16 Å². The van der Waals surface area contributed by atoms with Gasteiger partial charge in [-0.25, -0.2) is 4.79 Å². The Bertz CT molecular complexity index is 802. The van der Waals surface area contributed by atoms with E-state index in [2.05, 4.69) is 50.4 Å². The minimum Gasteiger partial charge on any atom is -0.444 e. The summed E-state index contributed by atoms with van der Waals surface area (Å²) in [6.45, 7) is 12.2. The molecule has 2 aromatic carbocycles. The van der Waals surface area contributed by atoms with Gasteiger partial charge < -0.3 is 19.3 Å². The second-order valence-corrected chi connectivity index (χ2v) is 14.0. The molecule has 0 unspecified atom stereocenters. The van der Waals surface area contributed by atoms with Gasteiger partial charge in [-0.05, 0) is 36.2 Å². The van der Waals surface area contributed by atoms with Crippen LogP contribution >= 0.6 is 0 Å². The summed E-state index contributed by atoms with van der Waals surface area (Å²) in [7, 11) is -2.75. The van der Waals surface area contributed by atoms with Crippen molar-refractivity contribution < 1.29 is 18.8 Å². The molecule has 1 amide bonds. The fraction of sp³-hybridized carbons (Fsp3) is 0.440. The van der Waals surface area contributed by atoms with Gasteiger partial charge >= 0.3 is 6.09 Å². The van der Waals surface area contributed by atoms with Crippen LogP contribution in [0.4, 0.5) is 4.79 Å². The first-order valence-electron chi connectivity index (χ1n) is 10.7. The number of hydrogen-bond acceptors (Lipinski definition) is 4. The zero-order valence-electron chi connectivity index (χ0n) is 19.5. The number of benzene rings is 2. The van der Waals surface area contributed by atoms with E-state index in [9.17, 15) is 9.59 Å². The van der Waals surface area contributed by atoms with Gasteiger partial charge in [0, 0.05) is 6.42 Å². The lowest BCUT2D eigenvalue weighted by molar-refractivity contribution is -0.108. The first-order valence-corrected chi connectivity index (χ1v) is 12.6. The van der Waals surface area contributed by atoms with Crippen molar-refractivity contribution in [2.75, 3.05) is 6.61 Å². The highest BCUT2D eigenvalue weighted by Gasteiger charge is 2.50. The molecule has 31 heavy (non-hydrogen) atoms. The molecule has 0 aliphatic heterocycles. The van der Waals surface area contributed by atoms with Gasteiger partial charge in [0.05, 0.1) is 12.6 Å². The SMILES string of the molecule is CC(C)(C)OC(=O)N[C@H](CC=O)CO[Si](c1ccccc1)(c1ccccc1)C(C)(C)C. The molecule has 2 aromatic rings. The summed E-state index contributed by atoms with van der Waals surface area (Å²) in [6, 6.07) is 20.1. The van der Waals surface area contributed by atoms with Crippen LogP contribution in [0.15, 0.2) is 60.7 Å². The smallest absolute Gasteiger partial charge is 0.407 e. The summed E-state index contributed by atoms with van der Waals surface area (Å²) in [5.74, 6) is 0. The maximum absolute atomic E-state index is 12.3. The lowest BCUT2D eigenvalue weighted by Crippen LogP contribution is -2.67. The number of alkyl carbamates (subject to hydrolysis) is 1. The molecule has 0 saturated heterocycles. The second-order valence-electron chi connectivity index (χ2n) is 9.72. The van der Waals surface area contributed by atoms with Gasteiger partial charge in [-0.2, -0.15) is 0 Å². The van der Waals surface area contributed by atoms with Crippen LogP contribution < -0.4 is 15.7 Å². The minimum absolute atomic E-state index is 0.150. The van der Waals surface area contributed by atoms with E-state index in [1.165, 1.54) is 0 Å². The van der Waals surface area contributed by atoms with Gasteiger partial charge in [-0.15, -0.1) is 0 Å². The van der Waals surface area contributed by atoms with Crippen molar-refractivity contribution in [3.8, 4) is 0 Å². The number of amides is 1. The van der Waals surface area contributed by atoms with Crippen molar-refractivity contribution >= 4 is 31.1 Å². The third kappa shape index (κ3) is 6.52. The number of rotatable bonds is 8. The lowest BCUT2D eigenvalue weighted by Gasteiger charge is -2.43. The van der Waals surface area contributed by atoms with E-state index in [0.29, 0.717) is 0 Å². The molecule has 1 N–H and O–H groups in total. The zero-order valence-corrected chi connectivity index (χ0v) is 20.5. The van der Waals surface area contributed by atoms with Crippen molar-refractivity contribution in [1.29, 1.82) is 0 Å². The van der Waals surface area contributed by atoms with Crippen molar-refractivity contribution in [3.05, 3.63) is 60.7 Å². The standard InChI is InChI=1S/C25H35NO4Si/c1-24(2,3)30-23(28)26-20(17-18-27)19-29-31(25(4,5)6,21-13-9-7-10-14-21)22-15-11-8-12-16-22/h7-16,18,20H,17,19H2,1-6H3,(H,26,28)/t20-/m1/s1. The Labute approximate surface area is 187 Å². The van der Waals surface area contributed by atoms with Crippen LogP contribution in [0.5, 0.6) is 0 Å². The summed E-state index contributed by atoms with van der Waals surface area (Å²) >= 11 is 0. The molecule has 6 heteroatoms. The van der Waals surface area contributed by atoms with Crippen LogP contribution in [0.3, 0.4) is 0 Å². The summed E-state index contributed by atoms with van der Waals surface area (Å²) in [4.78, 5) is 23.6. The van der Waals surface area contributed by atoms with Gasteiger partial charge in [0.25, 0.3) is 8.32 Å². The highest BCUT2D eigenvalue weighted by atomic mass is 28.4. The van der Waals surface area contributed by atoms with Crippen LogP contribution in [-0.2, 0) is 14.0 Å². The third-order valence-electron chi connectivity index (χ3n) is 5.02. The van der Waals surface area contributed by atoms with Crippen molar-refractivity contribution in [2.45, 2.75) is 64.6 Å². The summed E-state index contributed by atoms with van der Waals surface area (Å²) in [5, 5.41) is 4.92. The predicted octanol–water partition coefficient (Wildman–Crippen LogP) is 4.05. The molecule has 1 atom stereocenters. The highest BCUT2D eigenvalue weighted by molar-refractivity contribution is 6.99. The molecule has 168 valence electrons. The second kappa shape index (κ2) is 10.2. The quantitative estimate of drug-likeness (QED) is 0.496. The van der Waals surface area contributed by atoms with E-state index in [1.54, 1.807) is 20.8 Å². The highest BCUT2D eigenvalue weighted by Crippen LogP contribution is 2.36. The molecule has 0 bridgehead atoms. The molecule has 2 rings (SSSR count). The normalized spacial score (nSPS) is 13.4. The fourth-order valence-electron chi connectivity index (χ4n) is 3.75. The number of ether oxygens (including phenoxy) is 1. The van der Waals surface area contributed by atoms with E-state index in [-0.39, 0.29) is 18.1 Å². The van der Waals surface area contributed by atoms with Crippen molar-refractivity contribution in [3.63, 3.8) is 0 Å². The van der Waals surface area contributed by atoms with Gasteiger partial charge in [-0.3, -0.25) is 0 Å². The maximum Gasteiger partial charge on any atom is 0.407 e. The molecule has 0 aliphatic carbocycles. The Morgan fingerprint density at radius 2 is 1.42 bits per heavy atom. The topological polar surface area (TPSA) is 64.6 Å². The number of aldehydes is 1. The lowest BCUT2D eigenvalue weighted by atomic mass is 10.2. The molecule has 0 heterocycles. The van der Waals surface area contributed by atoms with Crippen LogP contribution in [0, 0.1) is 0 Å². The predicted molar refractivity (Wildman–Crippen MR) is 127 cm³/mol. The van der Waals surface area contributed by atoms with Gasteiger partial charge in [0.2, 0.25) is 0 Å². The molecular formula is C25H35NO4Si. The number of hydrogen-bond donors (Lipinski definition) is 1. The number of carbonyl (C=O) groups is 2. The monoisotopic (exact) mass is 441 g/mol. The van der Waals surface area contributed by atoms with Crippen LogP contribution in [0.1, 0.15) is 48.0 Å². The number of nitrogens with one attached hydrogen (secondary N) is 1. The Morgan fingerprint density at radius 1 is 0.935 bits per heavy atom. The molecular weight excluding hydrogens is 406 g/mol. The zero-order chi connectivity index (χ0) is 23.1. The Hall–Kier alpha value is -2.44. The fourth-order valence-corrected chi connectivity index (χ4v) is 8.35. The molecule has 0 aromatic heterocycles. The first-order chi connectivity index (χ1) is 14.5. The molecule has 5 nitrogen and oxygen atoms in total. The van der Waals surface area contributed by atoms with E-state index in [1.807, 2.05) is 36.4 Å². The van der Waals surface area contributed by atoms with E-state index < -0.39 is 26.1 Å². The van der Waals surface area contributed by atoms with Gasteiger partial charge in [0.1, 0.15) is 11.9 Å². The number of carbonyl (C=O) groups excluding carboxylic acids is 2. The Balaban J connectivity index is 2.40. The van der Waals surface area contributed by atoms with Crippen LogP contribution in [0.2, 0.25) is 5.04 Å². The largest absolute Gasteiger partial charge is 0.444 e. The summed E-state index contributed by atoms with van der Waals surface area (Å²) < 4.78 is 12.2. The van der Waals surface area contributed by atoms with E-state index in [0.717, 1.165) is 16.7 Å². The summed E-state index contributed by atoms with van der Waals surface area (Å²) in [6.07, 6.45) is 0.402. The molecule has 0 fully saturated rings. The van der Waals surface area contributed by atoms with Crippen molar-refractivity contribution in [2.24, 2.45) is 0 Å². The molecule has 0 radical (unpaired) electrons. The Kier molecular flexibility index (Phi) is 8.20. The first kappa shape index (κ1) is 24.8. The van der Waals surface area contributed by atoms with E-state index >= 15 is 0 Å². The Morgan fingerprint density at radius 3 is 1.81 bits per heavy atom. The average Bonchev–Trinajstić information content (AvgIpc) is 2.67. The van der Waals surface area contributed by atoms with Crippen molar-refractivity contribution in [1.82, 2.24) is 5.32 Å². The molecule has 0 aliphatic rings. The minimum atomic E-state index is -2.75. The molecule has 0 saturated carbocycles. The average molecular weight is 442 g/mol. The maximum atomic E-state index is 12.3. The summed E-state index contributed by atoms with van der Waals surface area (Å²) in [5.41, 5.74) is -0.616.